The Kier molecular flexibility index (Phi) is 3.24. The standard InChI is InChI=1S/C6H13Cl2OP/c7-10(8,9)6-4-2-1-3-5-6/h6,9-10H,1-5H2. The van der Waals surface area contributed by atoms with Crippen molar-refractivity contribution >= 4 is 28.7 Å². The predicted octanol–water partition coefficient (Wildman–Crippen LogP) is 3.28. The van der Waals surface area contributed by atoms with Gasteiger partial charge in [-0.1, -0.05) is 0 Å². The van der Waals surface area contributed by atoms with Crippen molar-refractivity contribution in [1.82, 2.24) is 0 Å². The second-order valence-electron chi connectivity index (χ2n) is 2.92. The van der Waals surface area contributed by atoms with Crippen molar-refractivity contribution in [3.8, 4) is 0 Å². The summed E-state index contributed by atoms with van der Waals surface area (Å²) in [7, 11) is 0. The van der Waals surface area contributed by atoms with E-state index < -0.39 is 6.19 Å². The molecule has 0 saturated heterocycles. The molecule has 0 heterocycles. The third-order valence-electron chi connectivity index (χ3n) is 2.10. The van der Waals surface area contributed by atoms with Crippen molar-refractivity contribution in [3.05, 3.63) is 0 Å². The molecular formula is C6H13Cl2OP. The van der Waals surface area contributed by atoms with Crippen molar-refractivity contribution in [1.29, 1.82) is 0 Å². The van der Waals surface area contributed by atoms with Crippen LogP contribution in [0, 0.1) is 0 Å². The van der Waals surface area contributed by atoms with Crippen LogP contribution >= 0.6 is 28.7 Å². The molecule has 1 nitrogen and oxygen atoms in total. The van der Waals surface area contributed by atoms with Gasteiger partial charge in [0.2, 0.25) is 0 Å². The second kappa shape index (κ2) is 3.58. The number of rotatable bonds is 1. The summed E-state index contributed by atoms with van der Waals surface area (Å²) in [6, 6.07) is 0. The normalized spacial score (nSPS) is 24.7. The Morgan fingerprint density at radius 1 is 1.10 bits per heavy atom. The molecule has 0 aromatic carbocycles. The topological polar surface area (TPSA) is 20.2 Å². The van der Waals surface area contributed by atoms with Gasteiger partial charge in [-0.15, -0.1) is 0 Å². The van der Waals surface area contributed by atoms with E-state index in [0.717, 1.165) is 12.8 Å². The molecule has 0 atom stereocenters. The Morgan fingerprint density at radius 2 is 1.60 bits per heavy atom. The van der Waals surface area contributed by atoms with E-state index in [0.29, 0.717) is 0 Å². The van der Waals surface area contributed by atoms with Crippen LogP contribution in [0.1, 0.15) is 32.1 Å². The molecule has 0 radical (unpaired) electrons. The van der Waals surface area contributed by atoms with E-state index in [1.54, 1.807) is 0 Å². The average Bonchev–Trinajstić information content (AvgIpc) is 1.88. The summed E-state index contributed by atoms with van der Waals surface area (Å²) in [4.78, 5) is 9.31. The first-order valence-corrected chi connectivity index (χ1v) is 7.76. The molecule has 1 saturated carbocycles. The first kappa shape index (κ1) is 9.06. The zero-order chi connectivity index (χ0) is 7.61. The first-order chi connectivity index (χ1) is 4.61. The summed E-state index contributed by atoms with van der Waals surface area (Å²) in [5.41, 5.74) is 0.226. The van der Waals surface area contributed by atoms with Crippen LogP contribution in [0.25, 0.3) is 0 Å². The van der Waals surface area contributed by atoms with E-state index in [9.17, 15) is 4.89 Å². The van der Waals surface area contributed by atoms with E-state index in [4.69, 9.17) is 22.5 Å². The van der Waals surface area contributed by atoms with Gasteiger partial charge in [-0.25, -0.2) is 0 Å². The molecule has 4 heteroatoms. The van der Waals surface area contributed by atoms with Crippen LogP contribution in [0.4, 0.5) is 0 Å². The number of hydrogen-bond acceptors (Lipinski definition) is 1. The van der Waals surface area contributed by atoms with Gasteiger partial charge in [0, 0.05) is 0 Å². The number of halogens is 2. The third-order valence-corrected chi connectivity index (χ3v) is 5.51. The van der Waals surface area contributed by atoms with Crippen molar-refractivity contribution in [2.45, 2.75) is 37.8 Å². The molecule has 1 N–H and O–H groups in total. The van der Waals surface area contributed by atoms with Crippen LogP contribution < -0.4 is 0 Å². The molecule has 0 aromatic heterocycles. The Balaban J connectivity index is 2.39. The molecule has 1 fully saturated rings. The molecule has 0 aromatic rings. The zero-order valence-electron chi connectivity index (χ0n) is 5.82. The quantitative estimate of drug-likeness (QED) is 0.648. The fraction of sp³-hybridized carbons (Fsp3) is 1.00. The molecule has 62 valence electrons. The fourth-order valence-electron chi connectivity index (χ4n) is 1.45. The minimum atomic E-state index is -2.81. The van der Waals surface area contributed by atoms with E-state index in [1.165, 1.54) is 19.3 Å². The van der Waals surface area contributed by atoms with E-state index in [2.05, 4.69) is 0 Å². The van der Waals surface area contributed by atoms with Crippen molar-refractivity contribution < 1.29 is 4.89 Å². The Hall–Kier alpha value is 0.970. The predicted molar refractivity (Wildman–Crippen MR) is 49.1 cm³/mol. The van der Waals surface area contributed by atoms with Gasteiger partial charge < -0.3 is 0 Å². The van der Waals surface area contributed by atoms with Gasteiger partial charge in [-0.3, -0.25) is 0 Å². The molecule has 0 amide bonds. The summed E-state index contributed by atoms with van der Waals surface area (Å²) < 4.78 is 0. The van der Waals surface area contributed by atoms with Gasteiger partial charge in [0.1, 0.15) is 0 Å². The van der Waals surface area contributed by atoms with Crippen LogP contribution in [-0.2, 0) is 0 Å². The van der Waals surface area contributed by atoms with E-state index >= 15 is 0 Å². The second-order valence-corrected chi connectivity index (χ2v) is 8.95. The molecule has 1 aliphatic carbocycles. The van der Waals surface area contributed by atoms with Crippen LogP contribution in [-0.4, -0.2) is 10.6 Å². The van der Waals surface area contributed by atoms with Crippen LogP contribution in [0.5, 0.6) is 0 Å². The van der Waals surface area contributed by atoms with Crippen molar-refractivity contribution in [3.63, 3.8) is 0 Å². The third kappa shape index (κ3) is 2.54. The van der Waals surface area contributed by atoms with Gasteiger partial charge >= 0.3 is 71.3 Å². The maximum absolute atomic E-state index is 9.31. The van der Waals surface area contributed by atoms with Crippen molar-refractivity contribution in [2.24, 2.45) is 0 Å². The van der Waals surface area contributed by atoms with Crippen LogP contribution in [0.15, 0.2) is 0 Å². The molecule has 10 heavy (non-hydrogen) atoms. The maximum atomic E-state index is 9.31. The van der Waals surface area contributed by atoms with E-state index in [-0.39, 0.29) is 5.66 Å². The molecular weight excluding hydrogens is 190 g/mol. The zero-order valence-corrected chi connectivity index (χ0v) is 8.33. The average molecular weight is 203 g/mol. The van der Waals surface area contributed by atoms with Gasteiger partial charge in [0.25, 0.3) is 0 Å². The molecule has 0 bridgehead atoms. The summed E-state index contributed by atoms with van der Waals surface area (Å²) in [6.07, 6.45) is 2.87. The van der Waals surface area contributed by atoms with Crippen molar-refractivity contribution in [2.75, 3.05) is 0 Å². The molecule has 0 spiro atoms. The van der Waals surface area contributed by atoms with Crippen LogP contribution in [0.2, 0.25) is 0 Å². The van der Waals surface area contributed by atoms with Gasteiger partial charge in [0.15, 0.2) is 0 Å². The molecule has 0 aliphatic heterocycles. The molecule has 0 unspecified atom stereocenters. The van der Waals surface area contributed by atoms with Gasteiger partial charge in [-0.2, -0.15) is 0 Å². The summed E-state index contributed by atoms with van der Waals surface area (Å²) in [6.45, 7) is 0. The summed E-state index contributed by atoms with van der Waals surface area (Å²) in [5.74, 6) is 0. The van der Waals surface area contributed by atoms with Crippen LogP contribution in [0.3, 0.4) is 0 Å². The van der Waals surface area contributed by atoms with E-state index in [1.807, 2.05) is 0 Å². The summed E-state index contributed by atoms with van der Waals surface area (Å²) in [5, 5.41) is 0. The molecule has 1 rings (SSSR count). The molecule has 1 aliphatic rings. The monoisotopic (exact) mass is 202 g/mol. The Bertz CT molecular complexity index is 107. The summed E-state index contributed by atoms with van der Waals surface area (Å²) >= 11 is 11.3. The Morgan fingerprint density at radius 3 is 1.90 bits per heavy atom. The van der Waals surface area contributed by atoms with Gasteiger partial charge in [-0.05, 0) is 0 Å². The number of hydrogen-bond donors (Lipinski definition) is 1. The minimum absolute atomic E-state index is 0.226. The first-order valence-electron chi connectivity index (χ1n) is 3.71. The fourth-order valence-corrected chi connectivity index (χ4v) is 3.86. The van der Waals surface area contributed by atoms with Gasteiger partial charge in [0.05, 0.1) is 0 Å². The Labute approximate surface area is 71.7 Å². The SMILES string of the molecule is O[PH](Cl)(Cl)C1CCCCC1.